The van der Waals surface area contributed by atoms with Gasteiger partial charge in [-0.3, -0.25) is 9.69 Å². The molecular weight excluding hydrogens is 390 g/mol. The molecule has 1 aliphatic rings. The topological polar surface area (TPSA) is 35.9 Å². The fraction of sp³-hybridized carbons (Fsp3) is 0.120. The second-order valence-corrected chi connectivity index (χ2v) is 8.27. The van der Waals surface area contributed by atoms with Crippen molar-refractivity contribution < 1.29 is 4.79 Å². The van der Waals surface area contributed by atoms with Gasteiger partial charge in [0.1, 0.15) is 0 Å². The van der Waals surface area contributed by atoms with Crippen LogP contribution in [0, 0.1) is 6.92 Å². The molecule has 0 bridgehead atoms. The van der Waals surface area contributed by atoms with Crippen LogP contribution in [0.2, 0.25) is 0 Å². The standard InChI is InChI=1S/C25H23N3OS/c1-18-16-19(14-15-22(18)27(2)3)17-23-24(29)26-25(30-23)28(20-10-6-4-7-11-20)21-12-8-5-9-13-21/h4-17H,1-3H3. The van der Waals surface area contributed by atoms with Gasteiger partial charge in [0.15, 0.2) is 5.17 Å². The maximum Gasteiger partial charge on any atom is 0.286 e. The zero-order chi connectivity index (χ0) is 21.1. The lowest BCUT2D eigenvalue weighted by Gasteiger charge is -2.23. The molecule has 0 fully saturated rings. The molecule has 3 aromatic rings. The minimum Gasteiger partial charge on any atom is -0.377 e. The Kier molecular flexibility index (Phi) is 5.72. The lowest BCUT2D eigenvalue weighted by Crippen LogP contribution is -2.21. The summed E-state index contributed by atoms with van der Waals surface area (Å²) >= 11 is 1.40. The number of carbonyl (C=O) groups excluding carboxylic acids is 1. The van der Waals surface area contributed by atoms with Gasteiger partial charge in [-0.25, -0.2) is 0 Å². The Labute approximate surface area is 181 Å². The van der Waals surface area contributed by atoms with Gasteiger partial charge in [0.2, 0.25) is 0 Å². The predicted molar refractivity (Wildman–Crippen MR) is 129 cm³/mol. The van der Waals surface area contributed by atoms with E-state index in [0.29, 0.717) is 10.1 Å². The molecule has 0 atom stereocenters. The quantitative estimate of drug-likeness (QED) is 0.501. The second kappa shape index (κ2) is 8.59. The summed E-state index contributed by atoms with van der Waals surface area (Å²) in [7, 11) is 4.05. The van der Waals surface area contributed by atoms with Gasteiger partial charge in [0.05, 0.1) is 4.91 Å². The zero-order valence-corrected chi connectivity index (χ0v) is 18.1. The third kappa shape index (κ3) is 4.16. The third-order valence-corrected chi connectivity index (χ3v) is 5.80. The van der Waals surface area contributed by atoms with E-state index in [9.17, 15) is 4.79 Å². The Balaban J connectivity index is 1.66. The Morgan fingerprint density at radius 3 is 2.00 bits per heavy atom. The van der Waals surface area contributed by atoms with Crippen molar-refractivity contribution in [3.8, 4) is 0 Å². The van der Waals surface area contributed by atoms with E-state index in [0.717, 1.165) is 16.9 Å². The molecule has 4 nitrogen and oxygen atoms in total. The van der Waals surface area contributed by atoms with E-state index in [2.05, 4.69) is 28.9 Å². The van der Waals surface area contributed by atoms with Crippen LogP contribution in [0.1, 0.15) is 11.1 Å². The Hall–Kier alpha value is -3.31. The molecule has 4 rings (SSSR count). The Bertz CT molecular complexity index is 1080. The smallest absolute Gasteiger partial charge is 0.286 e. The molecule has 5 heteroatoms. The molecule has 0 unspecified atom stereocenters. The number of amides is 1. The van der Waals surface area contributed by atoms with Crippen molar-refractivity contribution >= 4 is 46.0 Å². The number of carbonyl (C=O) groups is 1. The number of anilines is 3. The van der Waals surface area contributed by atoms with Crippen molar-refractivity contribution in [3.05, 3.63) is 94.9 Å². The first kappa shape index (κ1) is 20.0. The van der Waals surface area contributed by atoms with Crippen LogP contribution in [0.15, 0.2) is 88.8 Å². The largest absolute Gasteiger partial charge is 0.377 e. The van der Waals surface area contributed by atoms with Crippen LogP contribution in [0.3, 0.4) is 0 Å². The summed E-state index contributed by atoms with van der Waals surface area (Å²) in [5.41, 5.74) is 5.27. The van der Waals surface area contributed by atoms with E-state index in [1.54, 1.807) is 0 Å². The molecule has 0 spiro atoms. The first-order valence-electron chi connectivity index (χ1n) is 9.74. The SMILES string of the molecule is Cc1cc(C=C2SC(N(c3ccccc3)c3ccccc3)=NC2=O)ccc1N(C)C. The Morgan fingerprint density at radius 2 is 1.47 bits per heavy atom. The number of rotatable bonds is 4. The van der Waals surface area contributed by atoms with Crippen molar-refractivity contribution in [3.63, 3.8) is 0 Å². The van der Waals surface area contributed by atoms with Crippen molar-refractivity contribution in [2.45, 2.75) is 6.92 Å². The number of nitrogens with zero attached hydrogens (tertiary/aromatic N) is 3. The summed E-state index contributed by atoms with van der Waals surface area (Å²) in [6.07, 6.45) is 1.92. The number of hydrogen-bond acceptors (Lipinski definition) is 4. The average molecular weight is 414 g/mol. The highest BCUT2D eigenvalue weighted by atomic mass is 32.2. The fourth-order valence-corrected chi connectivity index (χ4v) is 4.39. The molecule has 0 aromatic heterocycles. The van der Waals surface area contributed by atoms with Gasteiger partial charge < -0.3 is 4.90 Å². The number of aliphatic imine (C=N–C) groups is 1. The number of benzene rings is 3. The molecular formula is C25H23N3OS. The van der Waals surface area contributed by atoms with Crippen LogP contribution in [-0.2, 0) is 4.79 Å². The lowest BCUT2D eigenvalue weighted by molar-refractivity contribution is -0.113. The number of para-hydroxylation sites is 2. The van der Waals surface area contributed by atoms with E-state index in [-0.39, 0.29) is 5.91 Å². The summed E-state index contributed by atoms with van der Waals surface area (Å²) < 4.78 is 0. The molecule has 1 amide bonds. The van der Waals surface area contributed by atoms with Crippen LogP contribution < -0.4 is 9.80 Å². The van der Waals surface area contributed by atoms with Crippen molar-refractivity contribution in [1.82, 2.24) is 0 Å². The highest BCUT2D eigenvalue weighted by molar-refractivity contribution is 8.18. The van der Waals surface area contributed by atoms with E-state index >= 15 is 0 Å². The van der Waals surface area contributed by atoms with Crippen LogP contribution in [0.25, 0.3) is 6.08 Å². The summed E-state index contributed by atoms with van der Waals surface area (Å²) in [6, 6.07) is 26.2. The highest BCUT2D eigenvalue weighted by Gasteiger charge is 2.28. The van der Waals surface area contributed by atoms with Crippen molar-refractivity contribution in [2.75, 3.05) is 23.9 Å². The summed E-state index contributed by atoms with van der Waals surface area (Å²) in [4.78, 5) is 21.8. The van der Waals surface area contributed by atoms with Crippen LogP contribution >= 0.6 is 11.8 Å². The molecule has 0 saturated carbocycles. The van der Waals surface area contributed by atoms with Crippen molar-refractivity contribution in [2.24, 2.45) is 4.99 Å². The van der Waals surface area contributed by atoms with Gasteiger partial charge in [-0.05, 0) is 72.3 Å². The number of amidine groups is 1. The fourth-order valence-electron chi connectivity index (χ4n) is 3.44. The van der Waals surface area contributed by atoms with E-state index in [4.69, 9.17) is 0 Å². The molecule has 0 N–H and O–H groups in total. The molecule has 1 heterocycles. The first-order chi connectivity index (χ1) is 14.5. The molecule has 150 valence electrons. The van der Waals surface area contributed by atoms with Gasteiger partial charge in [0.25, 0.3) is 5.91 Å². The van der Waals surface area contributed by atoms with Gasteiger partial charge in [0, 0.05) is 31.2 Å². The van der Waals surface area contributed by atoms with E-state index in [1.807, 2.05) is 91.8 Å². The minimum absolute atomic E-state index is 0.207. The summed E-state index contributed by atoms with van der Waals surface area (Å²) in [5, 5.41) is 0.658. The van der Waals surface area contributed by atoms with Gasteiger partial charge in [-0.2, -0.15) is 4.99 Å². The molecule has 1 aliphatic heterocycles. The summed E-state index contributed by atoms with van der Waals surface area (Å²) in [5.74, 6) is -0.207. The maximum absolute atomic E-state index is 12.7. The molecule has 0 radical (unpaired) electrons. The monoisotopic (exact) mass is 413 g/mol. The maximum atomic E-state index is 12.7. The van der Waals surface area contributed by atoms with E-state index < -0.39 is 0 Å². The van der Waals surface area contributed by atoms with Crippen LogP contribution in [0.4, 0.5) is 17.1 Å². The average Bonchev–Trinajstić information content (AvgIpc) is 3.09. The van der Waals surface area contributed by atoms with E-state index in [1.165, 1.54) is 23.0 Å². The van der Waals surface area contributed by atoms with Crippen LogP contribution in [0.5, 0.6) is 0 Å². The number of thioether (sulfide) groups is 1. The minimum atomic E-state index is -0.207. The Morgan fingerprint density at radius 1 is 0.867 bits per heavy atom. The second-order valence-electron chi connectivity index (χ2n) is 7.26. The molecule has 30 heavy (non-hydrogen) atoms. The first-order valence-corrected chi connectivity index (χ1v) is 10.6. The zero-order valence-electron chi connectivity index (χ0n) is 17.2. The molecule has 3 aromatic carbocycles. The molecule has 0 aliphatic carbocycles. The normalized spacial score (nSPS) is 14.7. The van der Waals surface area contributed by atoms with Gasteiger partial charge in [-0.1, -0.05) is 42.5 Å². The third-order valence-electron chi connectivity index (χ3n) is 4.83. The summed E-state index contributed by atoms with van der Waals surface area (Å²) in [6.45, 7) is 2.08. The van der Waals surface area contributed by atoms with Gasteiger partial charge in [-0.15, -0.1) is 0 Å². The highest BCUT2D eigenvalue weighted by Crippen LogP contribution is 2.36. The van der Waals surface area contributed by atoms with Crippen LogP contribution in [-0.4, -0.2) is 25.2 Å². The molecule has 0 saturated heterocycles. The lowest BCUT2D eigenvalue weighted by atomic mass is 10.1. The number of hydrogen-bond donors (Lipinski definition) is 0. The number of aryl methyl sites for hydroxylation is 1. The van der Waals surface area contributed by atoms with Gasteiger partial charge >= 0.3 is 0 Å². The van der Waals surface area contributed by atoms with Crippen molar-refractivity contribution in [1.29, 1.82) is 0 Å². The predicted octanol–water partition coefficient (Wildman–Crippen LogP) is 5.87.